The van der Waals surface area contributed by atoms with Crippen LogP contribution in [0.5, 0.6) is 0 Å². The highest BCUT2D eigenvalue weighted by Crippen LogP contribution is 2.32. The summed E-state index contributed by atoms with van der Waals surface area (Å²) in [5.74, 6) is -0.182. The van der Waals surface area contributed by atoms with Crippen molar-refractivity contribution in [2.45, 2.75) is 57.8 Å². The monoisotopic (exact) mass is 312 g/mol. The zero-order valence-corrected chi connectivity index (χ0v) is 13.5. The minimum absolute atomic E-state index is 0.00265. The van der Waals surface area contributed by atoms with Crippen LogP contribution in [0, 0.1) is 5.92 Å². The van der Waals surface area contributed by atoms with Gasteiger partial charge in [0.05, 0.1) is 0 Å². The van der Waals surface area contributed by atoms with Gasteiger partial charge in [0.2, 0.25) is 11.6 Å². The first kappa shape index (κ1) is 16.0. The Kier molecular flexibility index (Phi) is 4.94. The van der Waals surface area contributed by atoms with Gasteiger partial charge >= 0.3 is 0 Å². The zero-order valence-electron chi connectivity index (χ0n) is 13.5. The maximum absolute atomic E-state index is 12.2. The zero-order chi connectivity index (χ0) is 16.2. The molecule has 3 rings (SSSR count). The molecule has 3 nitrogen and oxygen atoms in total. The highest BCUT2D eigenvalue weighted by molar-refractivity contribution is 6.52. The second-order valence-electron chi connectivity index (χ2n) is 6.78. The van der Waals surface area contributed by atoms with E-state index in [2.05, 4.69) is 0 Å². The van der Waals surface area contributed by atoms with Crippen LogP contribution in [0.1, 0.15) is 73.7 Å². The maximum atomic E-state index is 12.2. The second-order valence-corrected chi connectivity index (χ2v) is 6.78. The Morgan fingerprint density at radius 3 is 2.35 bits per heavy atom. The fourth-order valence-corrected chi connectivity index (χ4v) is 3.86. The number of fused-ring (bicyclic) bond motifs is 1. The molecule has 0 aliphatic heterocycles. The Balaban J connectivity index is 1.62. The molecule has 2 aliphatic rings. The van der Waals surface area contributed by atoms with Crippen LogP contribution >= 0.6 is 0 Å². The predicted octanol–water partition coefficient (Wildman–Crippen LogP) is 4.86. The smallest absolute Gasteiger partial charge is 0.234 e. The molecule has 1 N–H and O–H groups in total. The van der Waals surface area contributed by atoms with Gasteiger partial charge in [-0.2, -0.15) is 0 Å². The Bertz CT molecular complexity index is 636. The number of hydrogen-bond acceptors (Lipinski definition) is 3. The van der Waals surface area contributed by atoms with Crippen molar-refractivity contribution in [2.75, 3.05) is 0 Å². The number of rotatable bonds is 5. The van der Waals surface area contributed by atoms with Crippen LogP contribution in [0.4, 0.5) is 0 Å². The lowest BCUT2D eigenvalue weighted by Crippen LogP contribution is -2.24. The number of Topliss-reactive ketones (excluding diaryl/α,β-unsaturated/α-hetero) is 2. The minimum atomic E-state index is -0.529. The number of allylic oxidation sites excluding steroid dienone is 1. The average Bonchev–Trinajstić information content (AvgIpc) is 2.60. The molecule has 3 heteroatoms. The van der Waals surface area contributed by atoms with E-state index in [9.17, 15) is 14.7 Å². The van der Waals surface area contributed by atoms with Crippen LogP contribution in [-0.4, -0.2) is 16.7 Å². The van der Waals surface area contributed by atoms with E-state index in [1.165, 1.54) is 38.5 Å². The van der Waals surface area contributed by atoms with E-state index in [1.807, 2.05) is 0 Å². The lowest BCUT2D eigenvalue weighted by Gasteiger charge is -2.21. The Morgan fingerprint density at radius 1 is 0.913 bits per heavy atom. The molecule has 0 saturated heterocycles. The van der Waals surface area contributed by atoms with E-state index in [4.69, 9.17) is 0 Å². The van der Waals surface area contributed by atoms with E-state index in [1.54, 1.807) is 24.3 Å². The van der Waals surface area contributed by atoms with Crippen molar-refractivity contribution in [1.82, 2.24) is 0 Å². The van der Waals surface area contributed by atoms with Crippen molar-refractivity contribution in [3.8, 4) is 0 Å². The number of ketones is 2. The molecule has 0 heterocycles. The molecular formula is C20H24O3. The van der Waals surface area contributed by atoms with Gasteiger partial charge in [-0.25, -0.2) is 0 Å². The number of carbonyl (C=O) groups excluding carboxylic acids is 2. The first-order valence-electron chi connectivity index (χ1n) is 8.79. The summed E-state index contributed by atoms with van der Waals surface area (Å²) in [5.41, 5.74) is 1.12. The summed E-state index contributed by atoms with van der Waals surface area (Å²) in [6.07, 6.45) is 10.3. The van der Waals surface area contributed by atoms with Crippen molar-refractivity contribution in [3.63, 3.8) is 0 Å². The standard InChI is InChI=1S/C20H24O3/c21-18-15-11-6-7-12-16(15)19(22)20(23)17(18)13-5-4-10-14-8-2-1-3-9-14/h6-7,11-12,14,21H,1-5,8-10,13H2. The molecule has 0 bridgehead atoms. The molecule has 1 saturated carbocycles. The second kappa shape index (κ2) is 7.12. The Hall–Kier alpha value is -1.90. The van der Waals surface area contributed by atoms with Gasteiger partial charge in [0.1, 0.15) is 5.76 Å². The van der Waals surface area contributed by atoms with Crippen molar-refractivity contribution in [3.05, 3.63) is 41.0 Å². The predicted molar refractivity (Wildman–Crippen MR) is 90.4 cm³/mol. The topological polar surface area (TPSA) is 54.4 Å². The summed E-state index contributed by atoms with van der Waals surface area (Å²) >= 11 is 0. The summed E-state index contributed by atoms with van der Waals surface area (Å²) in [5, 5.41) is 10.4. The third-order valence-corrected chi connectivity index (χ3v) is 5.21. The third-order valence-electron chi connectivity index (χ3n) is 5.21. The van der Waals surface area contributed by atoms with Crippen LogP contribution in [0.15, 0.2) is 29.8 Å². The maximum Gasteiger partial charge on any atom is 0.234 e. The van der Waals surface area contributed by atoms with Crippen LogP contribution in [0.2, 0.25) is 0 Å². The normalized spacial score (nSPS) is 19.1. The van der Waals surface area contributed by atoms with Crippen LogP contribution in [-0.2, 0) is 4.79 Å². The van der Waals surface area contributed by atoms with Gasteiger partial charge < -0.3 is 5.11 Å². The number of hydrogen-bond donors (Lipinski definition) is 1. The molecule has 1 aromatic rings. The number of aliphatic hydroxyl groups is 1. The molecule has 0 spiro atoms. The SMILES string of the molecule is O=C1C(=O)c2ccccc2C(O)=C1CCCCC1CCCCC1. The summed E-state index contributed by atoms with van der Waals surface area (Å²) in [6.45, 7) is 0. The van der Waals surface area contributed by atoms with Gasteiger partial charge in [0.25, 0.3) is 0 Å². The van der Waals surface area contributed by atoms with Gasteiger partial charge in [0, 0.05) is 16.7 Å². The van der Waals surface area contributed by atoms with E-state index >= 15 is 0 Å². The van der Waals surface area contributed by atoms with Gasteiger partial charge in [-0.05, 0) is 18.8 Å². The third kappa shape index (κ3) is 3.39. The molecule has 122 valence electrons. The quantitative estimate of drug-likeness (QED) is 0.624. The van der Waals surface area contributed by atoms with Crippen LogP contribution < -0.4 is 0 Å². The summed E-state index contributed by atoms with van der Waals surface area (Å²) < 4.78 is 0. The van der Waals surface area contributed by atoms with E-state index in [0.717, 1.165) is 18.8 Å². The van der Waals surface area contributed by atoms with Gasteiger partial charge in [-0.1, -0.05) is 69.2 Å². The van der Waals surface area contributed by atoms with Crippen molar-refractivity contribution < 1.29 is 14.7 Å². The molecule has 1 fully saturated rings. The molecule has 23 heavy (non-hydrogen) atoms. The molecule has 1 aromatic carbocycles. The van der Waals surface area contributed by atoms with Gasteiger partial charge in [0.15, 0.2) is 0 Å². The minimum Gasteiger partial charge on any atom is -0.507 e. The number of aliphatic hydroxyl groups excluding tert-OH is 1. The fourth-order valence-electron chi connectivity index (χ4n) is 3.86. The van der Waals surface area contributed by atoms with Crippen molar-refractivity contribution in [2.24, 2.45) is 5.92 Å². The Labute approximate surface area is 137 Å². The number of unbranched alkanes of at least 4 members (excludes halogenated alkanes) is 1. The highest BCUT2D eigenvalue weighted by atomic mass is 16.3. The summed E-state index contributed by atoms with van der Waals surface area (Å²) in [6, 6.07) is 6.80. The highest BCUT2D eigenvalue weighted by Gasteiger charge is 2.31. The lowest BCUT2D eigenvalue weighted by molar-refractivity contribution is -0.112. The molecular weight excluding hydrogens is 288 g/mol. The average molecular weight is 312 g/mol. The molecule has 0 amide bonds. The molecule has 0 radical (unpaired) electrons. The fraction of sp³-hybridized carbons (Fsp3) is 0.500. The van der Waals surface area contributed by atoms with Gasteiger partial charge in [-0.15, -0.1) is 0 Å². The number of benzene rings is 1. The Morgan fingerprint density at radius 2 is 1.61 bits per heavy atom. The molecule has 0 aromatic heterocycles. The number of carbonyl (C=O) groups is 2. The van der Waals surface area contributed by atoms with E-state index in [0.29, 0.717) is 23.1 Å². The molecule has 0 unspecified atom stereocenters. The summed E-state index contributed by atoms with van der Waals surface area (Å²) in [7, 11) is 0. The van der Waals surface area contributed by atoms with Crippen LogP contribution in [0.3, 0.4) is 0 Å². The van der Waals surface area contributed by atoms with Gasteiger partial charge in [-0.3, -0.25) is 9.59 Å². The van der Waals surface area contributed by atoms with E-state index < -0.39 is 11.6 Å². The van der Waals surface area contributed by atoms with Crippen molar-refractivity contribution in [1.29, 1.82) is 0 Å². The first-order valence-corrected chi connectivity index (χ1v) is 8.79. The largest absolute Gasteiger partial charge is 0.507 e. The summed E-state index contributed by atoms with van der Waals surface area (Å²) in [4.78, 5) is 24.4. The molecule has 2 aliphatic carbocycles. The lowest BCUT2D eigenvalue weighted by atomic mass is 9.84. The van der Waals surface area contributed by atoms with Crippen LogP contribution in [0.25, 0.3) is 5.76 Å². The van der Waals surface area contributed by atoms with E-state index in [-0.39, 0.29) is 5.76 Å². The molecule has 0 atom stereocenters. The first-order chi connectivity index (χ1) is 11.2. The van der Waals surface area contributed by atoms with Crippen molar-refractivity contribution >= 4 is 17.3 Å².